The predicted octanol–water partition coefficient (Wildman–Crippen LogP) is 2.04. The van der Waals surface area contributed by atoms with E-state index < -0.39 is 0 Å². The van der Waals surface area contributed by atoms with Crippen molar-refractivity contribution in [3.63, 3.8) is 0 Å². The SMILES string of the molecule is CCOc1ccc(C(C)C#N)cc1C1=NCCN1C(=O)N1CCN(CC(=O)NC(C)C)CC1. The Morgan fingerprint density at radius 3 is 2.55 bits per heavy atom. The minimum atomic E-state index is -0.272. The molecule has 1 atom stereocenters. The molecule has 0 saturated carbocycles. The van der Waals surface area contributed by atoms with Crippen molar-refractivity contribution >= 4 is 17.8 Å². The zero-order valence-corrected chi connectivity index (χ0v) is 20.0. The maximum atomic E-state index is 13.4. The summed E-state index contributed by atoms with van der Waals surface area (Å²) in [5.41, 5.74) is 1.61. The lowest BCUT2D eigenvalue weighted by atomic mass is 9.99. The van der Waals surface area contributed by atoms with Gasteiger partial charge in [0.05, 0.1) is 37.2 Å². The smallest absolute Gasteiger partial charge is 0.325 e. The lowest BCUT2D eigenvalue weighted by molar-refractivity contribution is -0.123. The van der Waals surface area contributed by atoms with Gasteiger partial charge in [0.1, 0.15) is 11.6 Å². The fourth-order valence-corrected chi connectivity index (χ4v) is 4.05. The van der Waals surface area contributed by atoms with Gasteiger partial charge >= 0.3 is 6.03 Å². The highest BCUT2D eigenvalue weighted by Gasteiger charge is 2.32. The average molecular weight is 455 g/mol. The summed E-state index contributed by atoms with van der Waals surface area (Å²) in [5.74, 6) is 0.986. The van der Waals surface area contributed by atoms with Crippen LogP contribution in [-0.2, 0) is 4.79 Å². The quantitative estimate of drug-likeness (QED) is 0.679. The van der Waals surface area contributed by atoms with Crippen LogP contribution in [0, 0.1) is 11.3 Å². The summed E-state index contributed by atoms with van der Waals surface area (Å²) in [5, 5.41) is 12.2. The summed E-state index contributed by atoms with van der Waals surface area (Å²) in [6.45, 7) is 11.9. The molecule has 1 fully saturated rings. The van der Waals surface area contributed by atoms with Crippen molar-refractivity contribution in [2.75, 3.05) is 52.4 Å². The Bertz CT molecular complexity index is 931. The Balaban J connectivity index is 1.70. The number of hydrogen-bond donors (Lipinski definition) is 1. The lowest BCUT2D eigenvalue weighted by Crippen LogP contribution is -2.55. The third-order valence-corrected chi connectivity index (χ3v) is 5.77. The van der Waals surface area contributed by atoms with Crippen molar-refractivity contribution in [3.8, 4) is 11.8 Å². The second kappa shape index (κ2) is 11.1. The summed E-state index contributed by atoms with van der Waals surface area (Å²) in [6, 6.07) is 7.94. The van der Waals surface area contributed by atoms with E-state index in [4.69, 9.17) is 4.74 Å². The third kappa shape index (κ3) is 6.02. The van der Waals surface area contributed by atoms with Gasteiger partial charge in [-0.05, 0) is 45.4 Å². The molecule has 1 saturated heterocycles. The highest BCUT2D eigenvalue weighted by Crippen LogP contribution is 2.28. The van der Waals surface area contributed by atoms with E-state index in [0.29, 0.717) is 64.0 Å². The van der Waals surface area contributed by atoms with Crippen LogP contribution in [0.1, 0.15) is 44.7 Å². The van der Waals surface area contributed by atoms with Gasteiger partial charge in [0, 0.05) is 38.8 Å². The number of nitriles is 1. The van der Waals surface area contributed by atoms with E-state index in [0.717, 1.165) is 11.1 Å². The monoisotopic (exact) mass is 454 g/mol. The topological polar surface area (TPSA) is 101 Å². The van der Waals surface area contributed by atoms with Crippen molar-refractivity contribution in [3.05, 3.63) is 29.3 Å². The number of piperazine rings is 1. The van der Waals surface area contributed by atoms with Gasteiger partial charge in [0.2, 0.25) is 5.91 Å². The van der Waals surface area contributed by atoms with Crippen LogP contribution in [0.3, 0.4) is 0 Å². The molecule has 2 aliphatic heterocycles. The molecule has 0 bridgehead atoms. The van der Waals surface area contributed by atoms with E-state index in [1.54, 1.807) is 4.90 Å². The van der Waals surface area contributed by atoms with Crippen LogP contribution < -0.4 is 10.1 Å². The van der Waals surface area contributed by atoms with Gasteiger partial charge in [-0.2, -0.15) is 5.26 Å². The molecule has 0 aromatic heterocycles. The fraction of sp³-hybridized carbons (Fsp3) is 0.583. The molecule has 178 valence electrons. The molecule has 33 heavy (non-hydrogen) atoms. The van der Waals surface area contributed by atoms with E-state index >= 15 is 0 Å². The van der Waals surface area contributed by atoms with Crippen LogP contribution >= 0.6 is 0 Å². The summed E-state index contributed by atoms with van der Waals surface area (Å²) in [6.07, 6.45) is 0. The molecule has 1 unspecified atom stereocenters. The van der Waals surface area contributed by atoms with Gasteiger partial charge < -0.3 is 15.0 Å². The number of hydrogen-bond acceptors (Lipinski definition) is 6. The first-order valence-corrected chi connectivity index (χ1v) is 11.6. The van der Waals surface area contributed by atoms with E-state index in [2.05, 4.69) is 21.3 Å². The van der Waals surface area contributed by atoms with Gasteiger partial charge in [-0.3, -0.25) is 19.6 Å². The zero-order valence-electron chi connectivity index (χ0n) is 20.0. The minimum Gasteiger partial charge on any atom is -0.493 e. The van der Waals surface area contributed by atoms with Crippen LogP contribution in [0.4, 0.5) is 4.79 Å². The molecule has 1 N–H and O–H groups in total. The second-order valence-corrected chi connectivity index (χ2v) is 8.66. The molecule has 0 aliphatic carbocycles. The summed E-state index contributed by atoms with van der Waals surface area (Å²) in [7, 11) is 0. The minimum absolute atomic E-state index is 0.00803. The molecule has 3 rings (SSSR count). The molecular formula is C24H34N6O3. The number of nitrogens with one attached hydrogen (secondary N) is 1. The maximum Gasteiger partial charge on any atom is 0.325 e. The van der Waals surface area contributed by atoms with Crippen LogP contribution in [0.15, 0.2) is 23.2 Å². The first kappa shape index (κ1) is 24.5. The molecule has 1 aromatic rings. The standard InChI is InChI=1S/C24H34N6O3/c1-5-33-21-7-6-19(18(4)15-25)14-20(21)23-26-8-9-30(23)24(32)29-12-10-28(11-13-29)16-22(31)27-17(2)3/h6-7,14,17-18H,5,8-13,16H2,1-4H3,(H,27,31). The molecule has 9 nitrogen and oxygen atoms in total. The summed E-state index contributed by atoms with van der Waals surface area (Å²) < 4.78 is 5.81. The third-order valence-electron chi connectivity index (χ3n) is 5.77. The van der Waals surface area contributed by atoms with Crippen molar-refractivity contribution < 1.29 is 14.3 Å². The number of nitrogens with zero attached hydrogens (tertiary/aromatic N) is 5. The number of urea groups is 1. The number of benzene rings is 1. The normalized spacial score (nSPS) is 17.5. The van der Waals surface area contributed by atoms with Gasteiger partial charge in [-0.15, -0.1) is 0 Å². The van der Waals surface area contributed by atoms with Gasteiger partial charge in [-0.25, -0.2) is 4.79 Å². The first-order valence-electron chi connectivity index (χ1n) is 11.6. The maximum absolute atomic E-state index is 13.4. The molecule has 1 aromatic carbocycles. The van der Waals surface area contributed by atoms with Crippen LogP contribution in [0.2, 0.25) is 0 Å². The highest BCUT2D eigenvalue weighted by atomic mass is 16.5. The molecular weight excluding hydrogens is 420 g/mol. The van der Waals surface area contributed by atoms with Crippen molar-refractivity contribution in [1.29, 1.82) is 5.26 Å². The molecule has 0 spiro atoms. The lowest BCUT2D eigenvalue weighted by Gasteiger charge is -2.36. The van der Waals surface area contributed by atoms with E-state index in [1.165, 1.54) is 0 Å². The highest BCUT2D eigenvalue weighted by molar-refractivity contribution is 6.10. The summed E-state index contributed by atoms with van der Waals surface area (Å²) in [4.78, 5) is 35.6. The zero-order chi connectivity index (χ0) is 24.0. The van der Waals surface area contributed by atoms with Gasteiger partial charge in [0.25, 0.3) is 0 Å². The van der Waals surface area contributed by atoms with Crippen LogP contribution in [0.25, 0.3) is 0 Å². The number of amidine groups is 1. The van der Waals surface area contributed by atoms with Crippen molar-refractivity contribution in [2.45, 2.75) is 39.7 Å². The Labute approximate surface area is 196 Å². The van der Waals surface area contributed by atoms with Gasteiger partial charge in [-0.1, -0.05) is 6.07 Å². The van der Waals surface area contributed by atoms with Crippen molar-refractivity contribution in [1.82, 2.24) is 20.0 Å². The van der Waals surface area contributed by atoms with E-state index in [9.17, 15) is 14.9 Å². The molecule has 0 radical (unpaired) electrons. The number of carbonyl (C=O) groups is 2. The fourth-order valence-electron chi connectivity index (χ4n) is 4.05. The number of rotatable bonds is 7. The van der Waals surface area contributed by atoms with Gasteiger partial charge in [0.15, 0.2) is 0 Å². The predicted molar refractivity (Wildman–Crippen MR) is 126 cm³/mol. The Morgan fingerprint density at radius 1 is 1.18 bits per heavy atom. The number of amides is 3. The molecule has 9 heteroatoms. The van der Waals surface area contributed by atoms with E-state index in [1.807, 2.05) is 50.8 Å². The molecule has 3 amide bonds. The first-order chi connectivity index (χ1) is 15.8. The van der Waals surface area contributed by atoms with Crippen LogP contribution in [-0.4, -0.2) is 90.9 Å². The molecule has 2 aliphatic rings. The van der Waals surface area contributed by atoms with Crippen LogP contribution in [0.5, 0.6) is 5.75 Å². The largest absolute Gasteiger partial charge is 0.493 e. The summed E-state index contributed by atoms with van der Waals surface area (Å²) >= 11 is 0. The second-order valence-electron chi connectivity index (χ2n) is 8.66. The average Bonchev–Trinajstić information content (AvgIpc) is 3.28. The Morgan fingerprint density at radius 2 is 1.91 bits per heavy atom. The Kier molecular flexibility index (Phi) is 8.28. The number of aliphatic imine (C=N–C) groups is 1. The number of carbonyl (C=O) groups excluding carboxylic acids is 2. The van der Waals surface area contributed by atoms with Crippen molar-refractivity contribution in [2.24, 2.45) is 4.99 Å². The van der Waals surface area contributed by atoms with E-state index in [-0.39, 0.29) is 23.9 Å². The number of ether oxygens (including phenoxy) is 1. The molecule has 2 heterocycles. The Hall–Kier alpha value is -3.12.